The van der Waals surface area contributed by atoms with Crippen molar-refractivity contribution in [1.29, 1.82) is 0 Å². The molecule has 172 valence electrons. The first-order valence-electron chi connectivity index (χ1n) is 10.3. The predicted octanol–water partition coefficient (Wildman–Crippen LogP) is 1.24. The van der Waals surface area contributed by atoms with Crippen LogP contribution in [-0.4, -0.2) is 83.5 Å². The fourth-order valence-corrected chi connectivity index (χ4v) is 4.45. The van der Waals surface area contributed by atoms with Crippen LogP contribution in [0.1, 0.15) is 27.3 Å². The van der Waals surface area contributed by atoms with Crippen molar-refractivity contribution in [2.24, 2.45) is 0 Å². The number of fused-ring (bicyclic) bond motifs is 3. The highest BCUT2D eigenvalue weighted by Gasteiger charge is 2.32. The lowest BCUT2D eigenvalue weighted by molar-refractivity contribution is -0.137. The van der Waals surface area contributed by atoms with Crippen LogP contribution in [0.4, 0.5) is 0 Å². The van der Waals surface area contributed by atoms with Gasteiger partial charge in [-0.2, -0.15) is 0 Å². The molecule has 0 spiro atoms. The third-order valence-corrected chi connectivity index (χ3v) is 6.18. The summed E-state index contributed by atoms with van der Waals surface area (Å²) in [5.41, 5.74) is 1.84. The van der Waals surface area contributed by atoms with Crippen molar-refractivity contribution in [2.45, 2.75) is 11.6 Å². The molecule has 12 nitrogen and oxygen atoms in total. The van der Waals surface area contributed by atoms with E-state index in [1.807, 2.05) is 24.3 Å². The molecule has 1 aliphatic rings. The highest BCUT2D eigenvalue weighted by molar-refractivity contribution is 7.99. The number of amides is 2. The van der Waals surface area contributed by atoms with Gasteiger partial charge in [-0.1, -0.05) is 23.9 Å². The molecule has 1 aliphatic heterocycles. The third-order valence-electron chi connectivity index (χ3n) is 5.27. The Kier molecular flexibility index (Phi) is 5.76. The monoisotopic (exact) mass is 478 g/mol. The number of methoxy groups -OCH3 is 1. The van der Waals surface area contributed by atoms with Gasteiger partial charge in [0.2, 0.25) is 0 Å². The molecule has 0 N–H and O–H groups in total. The van der Waals surface area contributed by atoms with E-state index in [0.717, 1.165) is 5.52 Å². The fourth-order valence-electron chi connectivity index (χ4n) is 3.64. The average Bonchev–Trinajstić information content (AvgIpc) is 3.54. The number of benzene rings is 1. The maximum Gasteiger partial charge on any atom is 0.339 e. The van der Waals surface area contributed by atoms with Crippen molar-refractivity contribution in [3.8, 4) is 0 Å². The number of hydrogen-bond acceptors (Lipinski definition) is 10. The molecule has 1 aromatic carbocycles. The lowest BCUT2D eigenvalue weighted by atomic mass is 10.2. The van der Waals surface area contributed by atoms with Crippen LogP contribution < -0.4 is 0 Å². The number of aromatic nitrogens is 6. The van der Waals surface area contributed by atoms with Crippen molar-refractivity contribution in [1.82, 2.24) is 39.8 Å². The van der Waals surface area contributed by atoms with Crippen molar-refractivity contribution in [2.75, 3.05) is 26.0 Å². The van der Waals surface area contributed by atoms with Gasteiger partial charge in [-0.15, -0.1) is 20.4 Å². The van der Waals surface area contributed by atoms with Crippen molar-refractivity contribution in [3.63, 3.8) is 0 Å². The smallest absolute Gasteiger partial charge is 0.339 e. The molecular weight excluding hydrogens is 460 g/mol. The highest BCUT2D eigenvalue weighted by atomic mass is 32.2. The summed E-state index contributed by atoms with van der Waals surface area (Å²) in [7, 11) is 1.27. The molecule has 4 heterocycles. The Hall–Kier alpha value is -4.13. The maximum atomic E-state index is 13.0. The predicted molar refractivity (Wildman–Crippen MR) is 120 cm³/mol. The van der Waals surface area contributed by atoms with Gasteiger partial charge in [-0.05, 0) is 30.7 Å². The Morgan fingerprint density at radius 1 is 1.00 bits per heavy atom. The van der Waals surface area contributed by atoms with Crippen LogP contribution in [0.3, 0.4) is 0 Å². The first-order chi connectivity index (χ1) is 16.6. The molecule has 0 atom stereocenters. The summed E-state index contributed by atoms with van der Waals surface area (Å²) in [4.78, 5) is 41.6. The fraction of sp³-hybridized carbons (Fsp3) is 0.238. The Balaban J connectivity index is 1.31. The van der Waals surface area contributed by atoms with Crippen molar-refractivity contribution >= 4 is 46.4 Å². The Morgan fingerprint density at radius 2 is 1.79 bits per heavy atom. The van der Waals surface area contributed by atoms with E-state index in [2.05, 4.69) is 30.1 Å². The van der Waals surface area contributed by atoms with E-state index in [-0.39, 0.29) is 22.9 Å². The van der Waals surface area contributed by atoms with Gasteiger partial charge >= 0.3 is 5.97 Å². The SMILES string of the molecule is COC(=O)c1ccc(C(=O)N2CCCN2C(=O)CSc2nnc3nnc4ccccc4n23)nc1. The van der Waals surface area contributed by atoms with Gasteiger partial charge in [0, 0.05) is 19.3 Å². The minimum atomic E-state index is -0.540. The Bertz CT molecular complexity index is 1410. The van der Waals surface area contributed by atoms with Crippen LogP contribution >= 0.6 is 11.8 Å². The van der Waals surface area contributed by atoms with Crippen LogP contribution in [0.5, 0.6) is 0 Å². The molecule has 13 heteroatoms. The number of carbonyl (C=O) groups excluding carboxylic acids is 3. The van der Waals surface area contributed by atoms with Gasteiger partial charge in [0.25, 0.3) is 17.6 Å². The number of carbonyl (C=O) groups is 3. The minimum absolute atomic E-state index is 0.0515. The summed E-state index contributed by atoms with van der Waals surface area (Å²) < 4.78 is 6.39. The van der Waals surface area contributed by atoms with E-state index in [0.29, 0.717) is 36.0 Å². The second-order valence-electron chi connectivity index (χ2n) is 7.32. The first-order valence-corrected chi connectivity index (χ1v) is 11.3. The van der Waals surface area contributed by atoms with E-state index in [1.165, 1.54) is 47.2 Å². The van der Waals surface area contributed by atoms with Gasteiger partial charge in [-0.25, -0.2) is 9.80 Å². The van der Waals surface area contributed by atoms with E-state index >= 15 is 0 Å². The molecule has 5 rings (SSSR count). The standard InChI is InChI=1S/C21H18N8O4S/c1-33-19(32)13-7-8-15(22-11-13)18(31)28-10-4-9-27(28)17(30)12-34-21-26-25-20-24-23-14-5-2-3-6-16(14)29(20)21/h2-3,5-8,11H,4,9-10,12H2,1H3. The molecular formula is C21H18N8O4S. The molecule has 1 fully saturated rings. The normalized spacial score (nSPS) is 13.6. The average molecular weight is 478 g/mol. The lowest BCUT2D eigenvalue weighted by Crippen LogP contribution is -2.45. The van der Waals surface area contributed by atoms with Gasteiger partial charge in [-0.3, -0.25) is 24.0 Å². The zero-order valence-corrected chi connectivity index (χ0v) is 18.8. The summed E-state index contributed by atoms with van der Waals surface area (Å²) in [5.74, 6) is -0.809. The number of nitrogens with zero attached hydrogens (tertiary/aromatic N) is 8. The van der Waals surface area contributed by atoms with Gasteiger partial charge < -0.3 is 4.74 Å². The van der Waals surface area contributed by atoms with Crippen molar-refractivity contribution < 1.29 is 19.1 Å². The zero-order chi connectivity index (χ0) is 23.7. The van der Waals surface area contributed by atoms with E-state index in [1.54, 1.807) is 4.40 Å². The number of thioether (sulfide) groups is 1. The third kappa shape index (κ3) is 3.90. The Morgan fingerprint density at radius 3 is 2.59 bits per heavy atom. The van der Waals surface area contributed by atoms with Crippen LogP contribution in [0.25, 0.3) is 16.8 Å². The van der Waals surface area contributed by atoms with E-state index in [4.69, 9.17) is 0 Å². The van der Waals surface area contributed by atoms with Gasteiger partial charge in [0.15, 0.2) is 5.16 Å². The molecule has 2 amide bonds. The number of ether oxygens (including phenoxy) is 1. The number of hydrogen-bond donors (Lipinski definition) is 0. The number of para-hydroxylation sites is 1. The molecule has 3 aromatic heterocycles. The van der Waals surface area contributed by atoms with Crippen LogP contribution in [0.2, 0.25) is 0 Å². The van der Waals surface area contributed by atoms with Crippen LogP contribution in [-0.2, 0) is 9.53 Å². The van der Waals surface area contributed by atoms with Gasteiger partial charge in [0.05, 0.1) is 23.9 Å². The Labute approximate surface area is 196 Å². The van der Waals surface area contributed by atoms with E-state index in [9.17, 15) is 14.4 Å². The molecule has 0 unspecified atom stereocenters. The van der Waals surface area contributed by atoms with Gasteiger partial charge in [0.1, 0.15) is 11.2 Å². The molecule has 0 bridgehead atoms. The second kappa shape index (κ2) is 9.02. The van der Waals surface area contributed by atoms with E-state index < -0.39 is 11.9 Å². The number of rotatable bonds is 5. The lowest BCUT2D eigenvalue weighted by Gasteiger charge is -2.27. The van der Waals surface area contributed by atoms with Crippen LogP contribution in [0.15, 0.2) is 47.8 Å². The number of pyridine rings is 1. The molecule has 0 saturated carbocycles. The molecule has 34 heavy (non-hydrogen) atoms. The largest absolute Gasteiger partial charge is 0.465 e. The summed E-state index contributed by atoms with van der Waals surface area (Å²) in [5, 5.41) is 19.7. The molecule has 0 radical (unpaired) electrons. The van der Waals surface area contributed by atoms with Crippen molar-refractivity contribution in [3.05, 3.63) is 53.9 Å². The minimum Gasteiger partial charge on any atom is -0.465 e. The molecule has 4 aromatic rings. The number of esters is 1. The number of hydrazine groups is 1. The molecule has 1 saturated heterocycles. The topological polar surface area (TPSA) is 136 Å². The second-order valence-corrected chi connectivity index (χ2v) is 8.26. The zero-order valence-electron chi connectivity index (χ0n) is 18.0. The molecule has 0 aliphatic carbocycles. The maximum absolute atomic E-state index is 13.0. The summed E-state index contributed by atoms with van der Waals surface area (Å²) in [6.45, 7) is 0.810. The summed E-state index contributed by atoms with van der Waals surface area (Å²) in [6.07, 6.45) is 1.93. The first kappa shape index (κ1) is 21.7. The van der Waals surface area contributed by atoms with Crippen LogP contribution in [0, 0.1) is 0 Å². The highest BCUT2D eigenvalue weighted by Crippen LogP contribution is 2.23. The quantitative estimate of drug-likeness (QED) is 0.304. The summed E-state index contributed by atoms with van der Waals surface area (Å²) >= 11 is 1.21. The summed E-state index contributed by atoms with van der Waals surface area (Å²) in [6, 6.07) is 10.4.